The molecular weight excluding hydrogens is 210 g/mol. The number of hydrogen-bond acceptors (Lipinski definition) is 2. The molecule has 0 radical (unpaired) electrons. The highest BCUT2D eigenvalue weighted by molar-refractivity contribution is 4.46. The van der Waals surface area contributed by atoms with E-state index in [0.29, 0.717) is 6.61 Å². The normalized spacial score (nSPS) is 10.2. The van der Waals surface area contributed by atoms with Crippen molar-refractivity contribution in [3.8, 4) is 0 Å². The maximum atomic E-state index is 8.57. The number of rotatable bonds is 10. The van der Waals surface area contributed by atoms with Crippen LogP contribution in [0, 0.1) is 0 Å². The Morgan fingerprint density at radius 3 is 1.24 bits per heavy atom. The molecule has 106 valence electrons. The standard InChI is InChI=1S/C12H26O.C3H9N/c1-2-3-4-5-6-7-8-9-10-11-12-13;1-4(2)3/h13H,2-12H2,1H3;1-3H3. The summed E-state index contributed by atoms with van der Waals surface area (Å²) in [6.45, 7) is 2.63. The molecule has 0 aromatic carbocycles. The van der Waals surface area contributed by atoms with Crippen LogP contribution >= 0.6 is 0 Å². The summed E-state index contributed by atoms with van der Waals surface area (Å²) in [5.74, 6) is 0. The molecule has 0 heterocycles. The number of aliphatic hydroxyl groups is 1. The van der Waals surface area contributed by atoms with Crippen molar-refractivity contribution in [2.24, 2.45) is 0 Å². The Bertz CT molecular complexity index is 103. The van der Waals surface area contributed by atoms with E-state index in [2.05, 4.69) is 6.92 Å². The number of hydrogen-bond donors (Lipinski definition) is 1. The van der Waals surface area contributed by atoms with E-state index >= 15 is 0 Å². The van der Waals surface area contributed by atoms with Crippen molar-refractivity contribution in [2.75, 3.05) is 27.7 Å². The van der Waals surface area contributed by atoms with E-state index in [1.165, 1.54) is 57.8 Å². The maximum absolute atomic E-state index is 8.57. The first kappa shape index (κ1) is 19.3. The quantitative estimate of drug-likeness (QED) is 0.586. The molecule has 2 nitrogen and oxygen atoms in total. The summed E-state index contributed by atoms with van der Waals surface area (Å²) in [7, 11) is 6.00. The molecule has 0 aromatic heterocycles. The molecule has 0 spiro atoms. The van der Waals surface area contributed by atoms with Crippen molar-refractivity contribution in [2.45, 2.75) is 71.1 Å². The Kier molecular flexibility index (Phi) is 20.7. The van der Waals surface area contributed by atoms with Crippen molar-refractivity contribution in [1.82, 2.24) is 4.90 Å². The van der Waals surface area contributed by atoms with Gasteiger partial charge >= 0.3 is 0 Å². The topological polar surface area (TPSA) is 23.5 Å². The fraction of sp³-hybridized carbons (Fsp3) is 1.00. The monoisotopic (exact) mass is 245 g/mol. The lowest BCUT2D eigenvalue weighted by molar-refractivity contribution is 0.282. The molecule has 17 heavy (non-hydrogen) atoms. The SMILES string of the molecule is CCCCCCCCCCCCO.CN(C)C. The minimum Gasteiger partial charge on any atom is -0.396 e. The van der Waals surface area contributed by atoms with Crippen LogP contribution in [0.5, 0.6) is 0 Å². The fourth-order valence-electron chi connectivity index (χ4n) is 1.60. The van der Waals surface area contributed by atoms with E-state index in [4.69, 9.17) is 5.11 Å². The van der Waals surface area contributed by atoms with Crippen LogP contribution in [0.15, 0.2) is 0 Å². The Morgan fingerprint density at radius 1 is 0.647 bits per heavy atom. The van der Waals surface area contributed by atoms with Gasteiger partial charge in [0, 0.05) is 6.61 Å². The van der Waals surface area contributed by atoms with Gasteiger partial charge < -0.3 is 10.0 Å². The van der Waals surface area contributed by atoms with Crippen molar-refractivity contribution < 1.29 is 5.11 Å². The van der Waals surface area contributed by atoms with E-state index in [0.717, 1.165) is 6.42 Å². The molecule has 0 aromatic rings. The van der Waals surface area contributed by atoms with Gasteiger partial charge in [-0.15, -0.1) is 0 Å². The van der Waals surface area contributed by atoms with Crippen LogP contribution in [0.1, 0.15) is 71.1 Å². The number of aliphatic hydroxyl groups excluding tert-OH is 1. The minimum atomic E-state index is 0.372. The van der Waals surface area contributed by atoms with Gasteiger partial charge in [0.2, 0.25) is 0 Å². The average molecular weight is 245 g/mol. The molecule has 0 aliphatic carbocycles. The summed E-state index contributed by atoms with van der Waals surface area (Å²) in [5.41, 5.74) is 0. The molecule has 0 aliphatic heterocycles. The molecule has 1 N–H and O–H groups in total. The zero-order valence-electron chi connectivity index (χ0n) is 12.7. The van der Waals surface area contributed by atoms with Gasteiger partial charge in [-0.05, 0) is 27.6 Å². The third-order valence-electron chi connectivity index (χ3n) is 2.51. The van der Waals surface area contributed by atoms with Crippen molar-refractivity contribution in [3.05, 3.63) is 0 Å². The predicted molar refractivity (Wildman–Crippen MR) is 78.5 cm³/mol. The smallest absolute Gasteiger partial charge is 0.0431 e. The average Bonchev–Trinajstić information content (AvgIpc) is 2.26. The Hall–Kier alpha value is -0.0800. The molecule has 0 amide bonds. The van der Waals surface area contributed by atoms with Crippen LogP contribution in [-0.4, -0.2) is 37.8 Å². The van der Waals surface area contributed by atoms with Crippen LogP contribution in [0.4, 0.5) is 0 Å². The van der Waals surface area contributed by atoms with Gasteiger partial charge in [-0.25, -0.2) is 0 Å². The fourth-order valence-corrected chi connectivity index (χ4v) is 1.60. The molecule has 0 saturated carbocycles. The molecule has 0 fully saturated rings. The maximum Gasteiger partial charge on any atom is 0.0431 e. The Morgan fingerprint density at radius 2 is 0.941 bits per heavy atom. The predicted octanol–water partition coefficient (Wildman–Crippen LogP) is 4.08. The highest BCUT2D eigenvalue weighted by Gasteiger charge is 1.91. The summed E-state index contributed by atoms with van der Waals surface area (Å²) in [6.07, 6.45) is 13.3. The number of nitrogens with zero attached hydrogens (tertiary/aromatic N) is 1. The highest BCUT2D eigenvalue weighted by atomic mass is 16.2. The first-order valence-corrected chi connectivity index (χ1v) is 7.36. The molecule has 0 bridgehead atoms. The summed E-state index contributed by atoms with van der Waals surface area (Å²) in [5, 5.41) is 8.57. The van der Waals surface area contributed by atoms with E-state index in [9.17, 15) is 0 Å². The van der Waals surface area contributed by atoms with Crippen LogP contribution in [0.2, 0.25) is 0 Å². The van der Waals surface area contributed by atoms with Crippen molar-refractivity contribution >= 4 is 0 Å². The first-order valence-electron chi connectivity index (χ1n) is 7.36. The van der Waals surface area contributed by atoms with Crippen molar-refractivity contribution in [1.29, 1.82) is 0 Å². The summed E-state index contributed by atoms with van der Waals surface area (Å²) < 4.78 is 0. The lowest BCUT2D eigenvalue weighted by atomic mass is 10.1. The zero-order chi connectivity index (χ0) is 13.4. The second-order valence-electron chi connectivity index (χ2n) is 5.25. The molecule has 0 saturated heterocycles. The summed E-state index contributed by atoms with van der Waals surface area (Å²) >= 11 is 0. The molecule has 2 heteroatoms. The Balaban J connectivity index is 0. The lowest BCUT2D eigenvalue weighted by Crippen LogP contribution is -1.99. The van der Waals surface area contributed by atoms with Gasteiger partial charge in [-0.2, -0.15) is 0 Å². The Labute approximate surface area is 109 Å². The van der Waals surface area contributed by atoms with Gasteiger partial charge in [0.1, 0.15) is 0 Å². The van der Waals surface area contributed by atoms with E-state index in [1.54, 1.807) is 0 Å². The van der Waals surface area contributed by atoms with Crippen molar-refractivity contribution in [3.63, 3.8) is 0 Å². The van der Waals surface area contributed by atoms with Crippen LogP contribution < -0.4 is 0 Å². The largest absolute Gasteiger partial charge is 0.396 e. The molecule has 0 atom stereocenters. The van der Waals surface area contributed by atoms with Crippen LogP contribution in [0.3, 0.4) is 0 Å². The minimum absolute atomic E-state index is 0.372. The molecular formula is C15H35NO. The summed E-state index contributed by atoms with van der Waals surface area (Å²) in [4.78, 5) is 2.00. The number of unbranched alkanes of at least 4 members (excludes halogenated alkanes) is 9. The van der Waals surface area contributed by atoms with Gasteiger partial charge in [0.15, 0.2) is 0 Å². The summed E-state index contributed by atoms with van der Waals surface area (Å²) in [6, 6.07) is 0. The van der Waals surface area contributed by atoms with Crippen LogP contribution in [-0.2, 0) is 0 Å². The zero-order valence-corrected chi connectivity index (χ0v) is 12.7. The molecule has 0 unspecified atom stereocenters. The second-order valence-corrected chi connectivity index (χ2v) is 5.25. The van der Waals surface area contributed by atoms with E-state index in [1.807, 2.05) is 26.0 Å². The van der Waals surface area contributed by atoms with Crippen LogP contribution in [0.25, 0.3) is 0 Å². The lowest BCUT2D eigenvalue weighted by Gasteiger charge is -2.00. The third kappa shape index (κ3) is 31.3. The highest BCUT2D eigenvalue weighted by Crippen LogP contribution is 2.09. The second kappa shape index (κ2) is 18.3. The van der Waals surface area contributed by atoms with E-state index < -0.39 is 0 Å². The van der Waals surface area contributed by atoms with Gasteiger partial charge in [0.25, 0.3) is 0 Å². The van der Waals surface area contributed by atoms with Gasteiger partial charge in [-0.1, -0.05) is 64.7 Å². The third-order valence-corrected chi connectivity index (χ3v) is 2.51. The molecule has 0 aliphatic rings. The first-order chi connectivity index (χ1) is 8.15. The van der Waals surface area contributed by atoms with E-state index in [-0.39, 0.29) is 0 Å². The van der Waals surface area contributed by atoms with Gasteiger partial charge in [0.05, 0.1) is 0 Å². The molecule has 0 rings (SSSR count). The van der Waals surface area contributed by atoms with Gasteiger partial charge in [-0.3, -0.25) is 0 Å².